The van der Waals surface area contributed by atoms with Crippen molar-refractivity contribution in [1.82, 2.24) is 10.6 Å². The normalized spacial score (nSPS) is 17.8. The van der Waals surface area contributed by atoms with E-state index >= 15 is 0 Å². The summed E-state index contributed by atoms with van der Waals surface area (Å²) in [5.41, 5.74) is 0.460. The van der Waals surface area contributed by atoms with Crippen LogP contribution in [0.4, 0.5) is 0 Å². The summed E-state index contributed by atoms with van der Waals surface area (Å²) in [4.78, 5) is 12.2. The molecule has 3 N–H and O–H groups in total. The van der Waals surface area contributed by atoms with Crippen LogP contribution in [0.5, 0.6) is 5.75 Å². The quantitative estimate of drug-likeness (QED) is 0.803. The first-order chi connectivity index (χ1) is 9.50. The Hall–Kier alpha value is -0.970. The molecule has 1 amide bonds. The van der Waals surface area contributed by atoms with Gasteiger partial charge in [0.2, 0.25) is 5.91 Å². The molecule has 1 atom stereocenters. The second-order valence-corrected chi connectivity index (χ2v) is 5.83. The molecular weight excluding hydrogens is 299 g/mol. The van der Waals surface area contributed by atoms with Crippen LogP contribution < -0.4 is 10.6 Å². The largest absolute Gasteiger partial charge is 0.508 e. The molecule has 0 spiro atoms. The summed E-state index contributed by atoms with van der Waals surface area (Å²) in [7, 11) is 0. The number of rotatable bonds is 3. The third-order valence-electron chi connectivity index (χ3n) is 3.61. The van der Waals surface area contributed by atoms with E-state index < -0.39 is 0 Å². The van der Waals surface area contributed by atoms with Crippen molar-refractivity contribution in [2.45, 2.75) is 25.8 Å². The Labute approximate surface area is 128 Å². The maximum Gasteiger partial charge on any atom is 0.223 e. The van der Waals surface area contributed by atoms with E-state index in [0.717, 1.165) is 25.9 Å². The number of carbonyl (C=O) groups excluding carboxylic acids is 1. The molecule has 1 saturated heterocycles. The molecule has 1 aromatic carbocycles. The Balaban J connectivity index is 2.10. The number of piperidine rings is 1. The van der Waals surface area contributed by atoms with Crippen LogP contribution in [0.2, 0.25) is 10.0 Å². The molecule has 1 fully saturated rings. The second-order valence-electron chi connectivity index (χ2n) is 5.05. The van der Waals surface area contributed by atoms with Crippen LogP contribution in [0.15, 0.2) is 12.1 Å². The maximum atomic E-state index is 12.2. The third-order valence-corrected chi connectivity index (χ3v) is 4.43. The van der Waals surface area contributed by atoms with Gasteiger partial charge in [0.05, 0.1) is 16.1 Å². The predicted molar refractivity (Wildman–Crippen MR) is 80.3 cm³/mol. The molecular formula is C14H18Cl2N2O2. The number of halogens is 2. The van der Waals surface area contributed by atoms with Crippen molar-refractivity contribution in [2.24, 2.45) is 5.92 Å². The van der Waals surface area contributed by atoms with Gasteiger partial charge >= 0.3 is 0 Å². The van der Waals surface area contributed by atoms with E-state index in [1.807, 2.05) is 0 Å². The van der Waals surface area contributed by atoms with Gasteiger partial charge in [0, 0.05) is 11.5 Å². The van der Waals surface area contributed by atoms with Gasteiger partial charge in [-0.15, -0.1) is 0 Å². The first kappa shape index (κ1) is 15.4. The number of hydrogen-bond donors (Lipinski definition) is 3. The van der Waals surface area contributed by atoms with Gasteiger partial charge in [0.25, 0.3) is 0 Å². The van der Waals surface area contributed by atoms with Crippen LogP contribution in [0, 0.1) is 5.92 Å². The lowest BCUT2D eigenvalue weighted by Crippen LogP contribution is -2.39. The number of phenols is 1. The van der Waals surface area contributed by atoms with E-state index in [9.17, 15) is 9.90 Å². The Morgan fingerprint density at radius 2 is 2.05 bits per heavy atom. The monoisotopic (exact) mass is 316 g/mol. The number of hydrogen-bond acceptors (Lipinski definition) is 3. The van der Waals surface area contributed by atoms with Crippen LogP contribution in [-0.4, -0.2) is 24.1 Å². The van der Waals surface area contributed by atoms with E-state index in [0.29, 0.717) is 10.6 Å². The van der Waals surface area contributed by atoms with Gasteiger partial charge in [0.1, 0.15) is 5.75 Å². The molecule has 20 heavy (non-hydrogen) atoms. The summed E-state index contributed by atoms with van der Waals surface area (Å²) >= 11 is 12.1. The van der Waals surface area contributed by atoms with Gasteiger partial charge in [-0.3, -0.25) is 4.79 Å². The molecule has 110 valence electrons. The molecule has 1 heterocycles. The van der Waals surface area contributed by atoms with Gasteiger partial charge in [-0.1, -0.05) is 23.2 Å². The topological polar surface area (TPSA) is 61.4 Å². The summed E-state index contributed by atoms with van der Waals surface area (Å²) in [6.45, 7) is 3.50. The van der Waals surface area contributed by atoms with Crippen molar-refractivity contribution in [1.29, 1.82) is 0 Å². The molecule has 2 rings (SSSR count). The lowest BCUT2D eigenvalue weighted by molar-refractivity contribution is -0.126. The Bertz CT molecular complexity index is 502. The van der Waals surface area contributed by atoms with Gasteiger partial charge in [0.15, 0.2) is 0 Å². The van der Waals surface area contributed by atoms with E-state index in [-0.39, 0.29) is 28.6 Å². The average molecular weight is 317 g/mol. The number of amides is 1. The highest BCUT2D eigenvalue weighted by atomic mass is 35.5. The maximum absolute atomic E-state index is 12.2. The molecule has 1 unspecified atom stereocenters. The molecule has 0 aliphatic carbocycles. The summed E-state index contributed by atoms with van der Waals surface area (Å²) < 4.78 is 0. The number of nitrogens with one attached hydrogen (secondary N) is 2. The number of aromatic hydroxyl groups is 1. The van der Waals surface area contributed by atoms with Crippen LogP contribution in [0.1, 0.15) is 31.4 Å². The van der Waals surface area contributed by atoms with Crippen molar-refractivity contribution in [3.05, 3.63) is 27.7 Å². The van der Waals surface area contributed by atoms with Crippen molar-refractivity contribution < 1.29 is 9.90 Å². The fourth-order valence-electron chi connectivity index (χ4n) is 2.46. The lowest BCUT2D eigenvalue weighted by Gasteiger charge is -2.24. The van der Waals surface area contributed by atoms with Crippen molar-refractivity contribution in [3.8, 4) is 5.75 Å². The zero-order valence-corrected chi connectivity index (χ0v) is 12.8. The number of carbonyl (C=O) groups is 1. The second kappa shape index (κ2) is 6.66. The molecule has 1 aromatic rings. The SMILES string of the molecule is CC(NC(=O)C1CCNCC1)c1c(O)ccc(Cl)c1Cl. The standard InChI is InChI=1S/C14H18Cl2N2O2/c1-8(12-11(19)3-2-10(15)13(12)16)18-14(20)9-4-6-17-7-5-9/h2-3,8-9,17,19H,4-7H2,1H3,(H,18,20). The highest BCUT2D eigenvalue weighted by Gasteiger charge is 2.24. The summed E-state index contributed by atoms with van der Waals surface area (Å²) in [5.74, 6) is 0.0470. The zero-order valence-electron chi connectivity index (χ0n) is 11.2. The first-order valence-electron chi connectivity index (χ1n) is 6.68. The van der Waals surface area contributed by atoms with Crippen LogP contribution in [-0.2, 0) is 4.79 Å². The molecule has 0 saturated carbocycles. The Morgan fingerprint density at radius 3 is 2.70 bits per heavy atom. The molecule has 0 aromatic heterocycles. The van der Waals surface area contributed by atoms with E-state index in [2.05, 4.69) is 10.6 Å². The lowest BCUT2D eigenvalue weighted by atomic mass is 9.96. The first-order valence-corrected chi connectivity index (χ1v) is 7.44. The van der Waals surface area contributed by atoms with Gasteiger partial charge in [-0.05, 0) is 45.0 Å². The van der Waals surface area contributed by atoms with Crippen molar-refractivity contribution >= 4 is 29.1 Å². The van der Waals surface area contributed by atoms with Gasteiger partial charge in [-0.2, -0.15) is 0 Å². The summed E-state index contributed by atoms with van der Waals surface area (Å²) in [5, 5.41) is 16.7. The molecule has 1 aliphatic heterocycles. The molecule has 4 nitrogen and oxygen atoms in total. The van der Waals surface area contributed by atoms with E-state index in [4.69, 9.17) is 23.2 Å². The van der Waals surface area contributed by atoms with Crippen LogP contribution in [0.25, 0.3) is 0 Å². The molecule has 0 bridgehead atoms. The minimum Gasteiger partial charge on any atom is -0.508 e. The van der Waals surface area contributed by atoms with Gasteiger partial charge < -0.3 is 15.7 Å². The highest BCUT2D eigenvalue weighted by molar-refractivity contribution is 6.42. The highest BCUT2D eigenvalue weighted by Crippen LogP contribution is 2.36. The van der Waals surface area contributed by atoms with Crippen LogP contribution >= 0.6 is 23.2 Å². The molecule has 0 radical (unpaired) electrons. The Kier molecular flexibility index (Phi) is 5.13. The smallest absolute Gasteiger partial charge is 0.223 e. The minimum absolute atomic E-state index is 0.00515. The fraction of sp³-hybridized carbons (Fsp3) is 0.500. The Morgan fingerprint density at radius 1 is 1.40 bits per heavy atom. The van der Waals surface area contributed by atoms with Crippen LogP contribution in [0.3, 0.4) is 0 Å². The van der Waals surface area contributed by atoms with E-state index in [1.54, 1.807) is 6.92 Å². The van der Waals surface area contributed by atoms with E-state index in [1.165, 1.54) is 12.1 Å². The molecule has 1 aliphatic rings. The van der Waals surface area contributed by atoms with Crippen molar-refractivity contribution in [2.75, 3.05) is 13.1 Å². The zero-order chi connectivity index (χ0) is 14.7. The number of benzene rings is 1. The van der Waals surface area contributed by atoms with Gasteiger partial charge in [-0.25, -0.2) is 0 Å². The molecule has 6 heteroatoms. The number of phenolic OH excluding ortho intramolecular Hbond substituents is 1. The summed E-state index contributed by atoms with van der Waals surface area (Å²) in [6.07, 6.45) is 1.65. The van der Waals surface area contributed by atoms with Crippen molar-refractivity contribution in [3.63, 3.8) is 0 Å². The third kappa shape index (κ3) is 3.37. The fourth-order valence-corrected chi connectivity index (χ4v) is 2.94. The minimum atomic E-state index is -0.386. The summed E-state index contributed by atoms with van der Waals surface area (Å²) in [6, 6.07) is 2.63. The predicted octanol–water partition coefficient (Wildman–Crippen LogP) is 2.88. The average Bonchev–Trinajstić information content (AvgIpc) is 2.44.